The molecule has 3 atom stereocenters. The van der Waals surface area contributed by atoms with Gasteiger partial charge in [0, 0.05) is 43.4 Å². The Bertz CT molecular complexity index is 683. The second-order valence-electron chi connectivity index (χ2n) is 8.31. The number of guanidine groups is 1. The molecule has 2 saturated carbocycles. The van der Waals surface area contributed by atoms with Crippen molar-refractivity contribution in [3.63, 3.8) is 0 Å². The maximum atomic E-state index is 5.99. The first-order valence-corrected chi connectivity index (χ1v) is 10.6. The number of halogens is 1. The van der Waals surface area contributed by atoms with Crippen LogP contribution < -0.4 is 10.6 Å². The highest BCUT2D eigenvalue weighted by Gasteiger charge is 2.59. The first-order valence-electron chi connectivity index (χ1n) is 10.6. The molecule has 2 aliphatic rings. The molecule has 3 rings (SSSR count). The fraction of sp³-hybridized carbons (Fsp3) is 0.810. The summed E-state index contributed by atoms with van der Waals surface area (Å²) in [5, 5.41) is 11.9. The number of hydrogen-bond acceptors (Lipinski definition) is 3. The fourth-order valence-corrected chi connectivity index (χ4v) is 4.80. The molecule has 1 spiro atoms. The zero-order chi connectivity index (χ0) is 19.6. The van der Waals surface area contributed by atoms with E-state index in [1.54, 1.807) is 0 Å². The van der Waals surface area contributed by atoms with Gasteiger partial charge in [-0.15, -0.1) is 24.0 Å². The lowest BCUT2D eigenvalue weighted by molar-refractivity contribution is -0.168. The third kappa shape index (κ3) is 4.50. The Morgan fingerprint density at radius 1 is 1.36 bits per heavy atom. The summed E-state index contributed by atoms with van der Waals surface area (Å²) in [5.74, 6) is 0.940. The summed E-state index contributed by atoms with van der Waals surface area (Å²) in [4.78, 5) is 4.71. The van der Waals surface area contributed by atoms with Crippen molar-refractivity contribution >= 4 is 29.9 Å². The molecule has 1 aromatic rings. The van der Waals surface area contributed by atoms with Crippen molar-refractivity contribution in [1.29, 1.82) is 0 Å². The lowest BCUT2D eigenvalue weighted by Crippen LogP contribution is -2.69. The van der Waals surface area contributed by atoms with Gasteiger partial charge in [-0.3, -0.25) is 9.67 Å². The van der Waals surface area contributed by atoms with E-state index in [1.165, 1.54) is 30.5 Å². The van der Waals surface area contributed by atoms with Gasteiger partial charge in [0.25, 0.3) is 0 Å². The van der Waals surface area contributed by atoms with Crippen LogP contribution in [0.5, 0.6) is 0 Å². The summed E-state index contributed by atoms with van der Waals surface area (Å²) < 4.78 is 7.96. The number of ether oxygens (including phenoxy) is 1. The molecule has 1 aromatic heterocycles. The molecule has 0 radical (unpaired) electrons. The Hall–Kier alpha value is -0.830. The maximum absolute atomic E-state index is 5.99. The molecule has 0 bridgehead atoms. The SMILES string of the molecule is CCN=C(NC(C)Cc1c(C)nn(C)c1C)NC1CC(OCC)C12CCC2.I. The molecule has 7 heteroatoms. The Kier molecular flexibility index (Phi) is 8.19. The average Bonchev–Trinajstić information content (AvgIpc) is 2.78. The van der Waals surface area contributed by atoms with Gasteiger partial charge in [0.2, 0.25) is 0 Å². The molecule has 2 N–H and O–H groups in total. The number of aromatic nitrogens is 2. The van der Waals surface area contributed by atoms with E-state index in [2.05, 4.69) is 50.4 Å². The number of aryl methyl sites for hydroxylation is 2. The van der Waals surface area contributed by atoms with E-state index in [4.69, 9.17) is 9.73 Å². The van der Waals surface area contributed by atoms with Crippen molar-refractivity contribution in [3.8, 4) is 0 Å². The van der Waals surface area contributed by atoms with Gasteiger partial charge in [-0.25, -0.2) is 0 Å². The highest BCUT2D eigenvalue weighted by molar-refractivity contribution is 14.0. The number of nitrogens with zero attached hydrogens (tertiary/aromatic N) is 3. The van der Waals surface area contributed by atoms with E-state index in [0.29, 0.717) is 23.6 Å². The molecule has 2 fully saturated rings. The predicted octanol–water partition coefficient (Wildman–Crippen LogP) is 3.49. The zero-order valence-corrected chi connectivity index (χ0v) is 20.7. The van der Waals surface area contributed by atoms with Crippen molar-refractivity contribution in [1.82, 2.24) is 20.4 Å². The number of aliphatic imine (C=N–C) groups is 1. The molecule has 3 unspecified atom stereocenters. The van der Waals surface area contributed by atoms with Crippen molar-refractivity contribution in [2.24, 2.45) is 17.5 Å². The largest absolute Gasteiger partial charge is 0.378 e. The van der Waals surface area contributed by atoms with Crippen LogP contribution in [0.15, 0.2) is 4.99 Å². The second-order valence-corrected chi connectivity index (χ2v) is 8.31. The summed E-state index contributed by atoms with van der Waals surface area (Å²) >= 11 is 0. The molecular weight excluding hydrogens is 465 g/mol. The van der Waals surface area contributed by atoms with Crippen LogP contribution in [-0.2, 0) is 18.2 Å². The third-order valence-corrected chi connectivity index (χ3v) is 6.62. The fourth-order valence-electron chi connectivity index (χ4n) is 4.80. The minimum atomic E-state index is 0. The predicted molar refractivity (Wildman–Crippen MR) is 126 cm³/mol. The van der Waals surface area contributed by atoms with Gasteiger partial charge in [-0.1, -0.05) is 6.42 Å². The topological polar surface area (TPSA) is 63.5 Å². The van der Waals surface area contributed by atoms with E-state index < -0.39 is 0 Å². The summed E-state index contributed by atoms with van der Waals surface area (Å²) in [5.41, 5.74) is 4.04. The first kappa shape index (κ1) is 23.4. The van der Waals surface area contributed by atoms with Crippen molar-refractivity contribution in [2.75, 3.05) is 13.2 Å². The second kappa shape index (κ2) is 9.78. The number of hydrogen-bond donors (Lipinski definition) is 2. The van der Waals surface area contributed by atoms with Crippen LogP contribution in [-0.4, -0.2) is 47.1 Å². The molecule has 1 heterocycles. The zero-order valence-electron chi connectivity index (χ0n) is 18.3. The Labute approximate surface area is 187 Å². The van der Waals surface area contributed by atoms with Crippen LogP contribution in [0.4, 0.5) is 0 Å². The molecule has 0 aromatic carbocycles. The molecule has 6 nitrogen and oxygen atoms in total. The van der Waals surface area contributed by atoms with E-state index in [9.17, 15) is 0 Å². The van der Waals surface area contributed by atoms with Gasteiger partial charge in [0.1, 0.15) is 0 Å². The average molecular weight is 503 g/mol. The van der Waals surface area contributed by atoms with Crippen LogP contribution in [0, 0.1) is 19.3 Å². The van der Waals surface area contributed by atoms with Crippen LogP contribution >= 0.6 is 24.0 Å². The van der Waals surface area contributed by atoms with Gasteiger partial charge < -0.3 is 15.4 Å². The smallest absolute Gasteiger partial charge is 0.191 e. The van der Waals surface area contributed by atoms with Crippen LogP contribution in [0.3, 0.4) is 0 Å². The summed E-state index contributed by atoms with van der Waals surface area (Å²) in [6, 6.07) is 0.777. The highest BCUT2D eigenvalue weighted by atomic mass is 127. The number of rotatable bonds is 7. The third-order valence-electron chi connectivity index (χ3n) is 6.62. The van der Waals surface area contributed by atoms with Gasteiger partial charge in [0.05, 0.1) is 11.8 Å². The van der Waals surface area contributed by atoms with E-state index in [1.807, 2.05) is 11.7 Å². The summed E-state index contributed by atoms with van der Waals surface area (Å²) in [7, 11) is 2.01. The molecular formula is C21H38IN5O. The van der Waals surface area contributed by atoms with Crippen molar-refractivity contribution in [3.05, 3.63) is 17.0 Å². The minimum Gasteiger partial charge on any atom is -0.378 e. The lowest BCUT2D eigenvalue weighted by Gasteiger charge is -2.61. The van der Waals surface area contributed by atoms with Gasteiger partial charge in [0.15, 0.2) is 5.96 Å². The summed E-state index contributed by atoms with van der Waals surface area (Å²) in [6.07, 6.45) is 6.35. The monoisotopic (exact) mass is 503 g/mol. The lowest BCUT2D eigenvalue weighted by atomic mass is 9.51. The quantitative estimate of drug-likeness (QED) is 0.340. The van der Waals surface area contributed by atoms with Gasteiger partial charge in [-0.05, 0) is 65.9 Å². The standard InChI is InChI=1S/C21H37N5O.HI/c1-7-22-20(23-14(3)12-17-15(4)25-26(6)16(17)5)24-18-13-19(27-8-2)21(18)10-9-11-21;/h14,18-19H,7-13H2,1-6H3,(H2,22,23,24);1H. The van der Waals surface area contributed by atoms with Crippen LogP contribution in [0.2, 0.25) is 0 Å². The molecule has 0 amide bonds. The molecule has 160 valence electrons. The van der Waals surface area contributed by atoms with Crippen molar-refractivity contribution in [2.45, 2.75) is 84.9 Å². The van der Waals surface area contributed by atoms with Gasteiger partial charge >= 0.3 is 0 Å². The van der Waals surface area contributed by atoms with E-state index in [-0.39, 0.29) is 24.0 Å². The first-order chi connectivity index (χ1) is 12.9. The van der Waals surface area contributed by atoms with E-state index >= 15 is 0 Å². The Balaban J connectivity index is 0.00000280. The van der Waals surface area contributed by atoms with Crippen LogP contribution in [0.1, 0.15) is 63.4 Å². The molecule has 28 heavy (non-hydrogen) atoms. The maximum Gasteiger partial charge on any atom is 0.191 e. The minimum absolute atomic E-state index is 0. The molecule has 0 saturated heterocycles. The number of nitrogens with one attached hydrogen (secondary N) is 2. The molecule has 2 aliphatic carbocycles. The van der Waals surface area contributed by atoms with Crippen LogP contribution in [0.25, 0.3) is 0 Å². The highest BCUT2D eigenvalue weighted by Crippen LogP contribution is 2.57. The van der Waals surface area contributed by atoms with Gasteiger partial charge in [-0.2, -0.15) is 5.10 Å². The summed E-state index contributed by atoms with van der Waals surface area (Å²) in [6.45, 7) is 12.2. The van der Waals surface area contributed by atoms with E-state index in [0.717, 1.165) is 37.6 Å². The Morgan fingerprint density at radius 3 is 2.57 bits per heavy atom. The van der Waals surface area contributed by atoms with Crippen molar-refractivity contribution < 1.29 is 4.74 Å². The normalized spacial score (nSPS) is 24.1. The molecule has 0 aliphatic heterocycles. The Morgan fingerprint density at radius 2 is 2.07 bits per heavy atom.